The summed E-state index contributed by atoms with van der Waals surface area (Å²) in [7, 11) is 0. The van der Waals surface area contributed by atoms with Crippen LogP contribution < -0.4 is 10.1 Å². The van der Waals surface area contributed by atoms with E-state index in [1.807, 2.05) is 0 Å². The summed E-state index contributed by atoms with van der Waals surface area (Å²) in [5, 5.41) is 3.60. The van der Waals surface area contributed by atoms with Gasteiger partial charge in [0.15, 0.2) is 0 Å². The predicted molar refractivity (Wildman–Crippen MR) is 88.4 cm³/mol. The van der Waals surface area contributed by atoms with Crippen LogP contribution in [0.15, 0.2) is 22.7 Å². The second-order valence-corrected chi connectivity index (χ2v) is 6.53. The zero-order valence-corrected chi connectivity index (χ0v) is 14.2. The molecule has 0 amide bonds. The Morgan fingerprint density at radius 3 is 2.85 bits per heavy atom. The van der Waals surface area contributed by atoms with Crippen LogP contribution in [0.1, 0.15) is 64.0 Å². The van der Waals surface area contributed by atoms with Crippen molar-refractivity contribution in [3.8, 4) is 5.75 Å². The second-order valence-electron chi connectivity index (χ2n) is 5.62. The quantitative estimate of drug-likeness (QED) is 0.687. The Balaban J connectivity index is 2.01. The Labute approximate surface area is 131 Å². The van der Waals surface area contributed by atoms with Gasteiger partial charge in [-0.15, -0.1) is 0 Å². The highest BCUT2D eigenvalue weighted by Crippen LogP contribution is 2.37. The Bertz CT molecular complexity index is 421. The Morgan fingerprint density at radius 2 is 2.10 bits per heavy atom. The average molecular weight is 340 g/mol. The van der Waals surface area contributed by atoms with Gasteiger partial charge >= 0.3 is 0 Å². The summed E-state index contributed by atoms with van der Waals surface area (Å²) >= 11 is 3.56. The van der Waals surface area contributed by atoms with E-state index in [1.54, 1.807) is 0 Å². The molecule has 2 atom stereocenters. The van der Waals surface area contributed by atoms with E-state index in [0.29, 0.717) is 12.1 Å². The third-order valence-corrected chi connectivity index (χ3v) is 4.46. The first-order valence-corrected chi connectivity index (χ1v) is 8.73. The summed E-state index contributed by atoms with van der Waals surface area (Å²) in [6, 6.07) is 6.79. The van der Waals surface area contributed by atoms with E-state index < -0.39 is 0 Å². The number of unbranched alkanes of at least 4 members (excludes halogenated alkanes) is 3. The van der Waals surface area contributed by atoms with E-state index in [-0.39, 0.29) is 0 Å². The van der Waals surface area contributed by atoms with Crippen LogP contribution in [0, 0.1) is 0 Å². The van der Waals surface area contributed by atoms with Crippen molar-refractivity contribution in [2.45, 2.75) is 64.5 Å². The van der Waals surface area contributed by atoms with Crippen molar-refractivity contribution in [2.24, 2.45) is 0 Å². The van der Waals surface area contributed by atoms with Crippen LogP contribution in [-0.4, -0.2) is 12.6 Å². The average Bonchev–Trinajstić information content (AvgIpc) is 2.44. The van der Waals surface area contributed by atoms with Crippen LogP contribution in [0.25, 0.3) is 0 Å². The van der Waals surface area contributed by atoms with E-state index in [0.717, 1.165) is 23.2 Å². The van der Waals surface area contributed by atoms with E-state index >= 15 is 0 Å². The molecule has 112 valence electrons. The smallest absolute Gasteiger partial charge is 0.124 e. The van der Waals surface area contributed by atoms with E-state index in [1.165, 1.54) is 37.7 Å². The van der Waals surface area contributed by atoms with Crippen molar-refractivity contribution in [1.82, 2.24) is 5.32 Å². The molecule has 20 heavy (non-hydrogen) atoms. The molecular weight excluding hydrogens is 314 g/mol. The number of halogens is 1. The van der Waals surface area contributed by atoms with E-state index in [9.17, 15) is 0 Å². The molecule has 2 unspecified atom stereocenters. The fraction of sp³-hybridized carbons (Fsp3) is 0.647. The zero-order chi connectivity index (χ0) is 14.4. The Hall–Kier alpha value is -0.540. The van der Waals surface area contributed by atoms with Gasteiger partial charge in [0.2, 0.25) is 0 Å². The molecule has 2 nitrogen and oxygen atoms in total. The number of nitrogens with one attached hydrogen (secondary N) is 1. The summed E-state index contributed by atoms with van der Waals surface area (Å²) in [6.07, 6.45) is 7.87. The SMILES string of the molecule is CCCCCCC1CC(NCC)c2cc(Br)ccc2O1. The highest BCUT2D eigenvalue weighted by atomic mass is 79.9. The molecule has 2 rings (SSSR count). The number of hydrogen-bond donors (Lipinski definition) is 1. The molecule has 1 N–H and O–H groups in total. The van der Waals surface area contributed by atoms with Crippen molar-refractivity contribution in [1.29, 1.82) is 0 Å². The molecule has 0 fully saturated rings. The summed E-state index contributed by atoms with van der Waals surface area (Å²) in [6.45, 7) is 5.43. The van der Waals surface area contributed by atoms with Gasteiger partial charge in [-0.1, -0.05) is 49.0 Å². The monoisotopic (exact) mass is 339 g/mol. The largest absolute Gasteiger partial charge is 0.490 e. The molecule has 1 aliphatic rings. The Morgan fingerprint density at radius 1 is 1.25 bits per heavy atom. The van der Waals surface area contributed by atoms with Crippen LogP contribution in [0.5, 0.6) is 5.75 Å². The summed E-state index contributed by atoms with van der Waals surface area (Å²) < 4.78 is 7.31. The number of rotatable bonds is 7. The number of hydrogen-bond acceptors (Lipinski definition) is 2. The van der Waals surface area contributed by atoms with Crippen LogP contribution >= 0.6 is 15.9 Å². The third-order valence-electron chi connectivity index (χ3n) is 3.97. The fourth-order valence-electron chi connectivity index (χ4n) is 2.93. The van der Waals surface area contributed by atoms with Crippen molar-refractivity contribution in [3.05, 3.63) is 28.2 Å². The maximum Gasteiger partial charge on any atom is 0.124 e. The number of fused-ring (bicyclic) bond motifs is 1. The maximum absolute atomic E-state index is 6.18. The molecule has 0 saturated carbocycles. The van der Waals surface area contributed by atoms with Crippen LogP contribution in [0.3, 0.4) is 0 Å². The molecule has 0 saturated heterocycles. The molecule has 0 bridgehead atoms. The number of ether oxygens (including phenoxy) is 1. The third kappa shape index (κ3) is 4.23. The molecule has 0 spiro atoms. The minimum atomic E-state index is 0.365. The van der Waals surface area contributed by atoms with Crippen molar-refractivity contribution < 1.29 is 4.74 Å². The lowest BCUT2D eigenvalue weighted by atomic mass is 9.94. The molecule has 1 aliphatic heterocycles. The molecular formula is C17H26BrNO. The lowest BCUT2D eigenvalue weighted by molar-refractivity contribution is 0.138. The van der Waals surface area contributed by atoms with Gasteiger partial charge in [0.25, 0.3) is 0 Å². The summed E-state index contributed by atoms with van der Waals surface area (Å²) in [5.41, 5.74) is 1.30. The summed E-state index contributed by atoms with van der Waals surface area (Å²) in [4.78, 5) is 0. The molecule has 0 aromatic heterocycles. The topological polar surface area (TPSA) is 21.3 Å². The normalized spacial score (nSPS) is 21.4. The molecule has 1 aromatic carbocycles. The van der Waals surface area contributed by atoms with Crippen LogP contribution in [-0.2, 0) is 0 Å². The van der Waals surface area contributed by atoms with Gasteiger partial charge in [-0.3, -0.25) is 0 Å². The van der Waals surface area contributed by atoms with Gasteiger partial charge in [0.05, 0.1) is 0 Å². The first-order chi connectivity index (χ1) is 9.74. The van der Waals surface area contributed by atoms with Crippen molar-refractivity contribution in [2.75, 3.05) is 6.54 Å². The number of benzene rings is 1. The van der Waals surface area contributed by atoms with E-state index in [4.69, 9.17) is 4.74 Å². The lowest BCUT2D eigenvalue weighted by Gasteiger charge is -2.33. The molecule has 0 aliphatic carbocycles. The predicted octanol–water partition coefficient (Wildman–Crippen LogP) is 5.22. The fourth-order valence-corrected chi connectivity index (χ4v) is 3.31. The van der Waals surface area contributed by atoms with Gasteiger partial charge in [0, 0.05) is 22.5 Å². The van der Waals surface area contributed by atoms with Crippen LogP contribution in [0.2, 0.25) is 0 Å². The van der Waals surface area contributed by atoms with Crippen LogP contribution in [0.4, 0.5) is 0 Å². The van der Waals surface area contributed by atoms with Gasteiger partial charge in [-0.05, 0) is 37.6 Å². The van der Waals surface area contributed by atoms with Crippen molar-refractivity contribution in [3.63, 3.8) is 0 Å². The standard InChI is InChI=1S/C17H26BrNO/c1-3-5-6-7-8-14-12-16(19-4-2)15-11-13(18)9-10-17(15)20-14/h9-11,14,16,19H,3-8,12H2,1-2H3. The highest BCUT2D eigenvalue weighted by Gasteiger charge is 2.27. The zero-order valence-electron chi connectivity index (χ0n) is 12.6. The van der Waals surface area contributed by atoms with Gasteiger partial charge in [-0.25, -0.2) is 0 Å². The first kappa shape index (κ1) is 15.8. The maximum atomic E-state index is 6.18. The first-order valence-electron chi connectivity index (χ1n) is 7.94. The minimum Gasteiger partial charge on any atom is -0.490 e. The molecule has 3 heteroatoms. The van der Waals surface area contributed by atoms with Gasteiger partial charge < -0.3 is 10.1 Å². The van der Waals surface area contributed by atoms with E-state index in [2.05, 4.69) is 53.3 Å². The van der Waals surface area contributed by atoms with Gasteiger partial charge in [0.1, 0.15) is 11.9 Å². The van der Waals surface area contributed by atoms with Crippen molar-refractivity contribution >= 4 is 15.9 Å². The minimum absolute atomic E-state index is 0.365. The Kier molecular flexibility index (Phi) is 6.37. The lowest BCUT2D eigenvalue weighted by Crippen LogP contribution is -2.33. The van der Waals surface area contributed by atoms with Gasteiger partial charge in [-0.2, -0.15) is 0 Å². The molecule has 1 aromatic rings. The second kappa shape index (κ2) is 8.04. The summed E-state index contributed by atoms with van der Waals surface area (Å²) in [5.74, 6) is 1.06. The highest BCUT2D eigenvalue weighted by molar-refractivity contribution is 9.10. The molecule has 0 radical (unpaired) electrons. The molecule has 1 heterocycles.